The van der Waals surface area contributed by atoms with Crippen molar-refractivity contribution in [2.45, 2.75) is 19.4 Å². The molecule has 1 aliphatic rings. The molecule has 0 bridgehead atoms. The van der Waals surface area contributed by atoms with E-state index in [1.807, 2.05) is 0 Å². The first kappa shape index (κ1) is 18.2. The van der Waals surface area contributed by atoms with Gasteiger partial charge in [-0.05, 0) is 48.4 Å². The Morgan fingerprint density at radius 1 is 1.29 bits per heavy atom. The summed E-state index contributed by atoms with van der Waals surface area (Å²) in [6, 6.07) is 9.11. The summed E-state index contributed by atoms with van der Waals surface area (Å²) in [6.07, 6.45) is 1.72. The molecule has 144 valence electrons. The average molecular weight is 383 g/mol. The Balaban J connectivity index is 1.54. The lowest BCUT2D eigenvalue weighted by molar-refractivity contribution is 0.0924. The number of carbonyl (C=O) groups is 1. The standard InChI is InChI=1S/C21H19F2N3O2/c1-12-7-13(3-4-18(12)23)17-10-15(22)8-14-9-16(28-20(14)17)11-24-21(27)19-5-6-25-26(19)2/h3-8,10,16H,9,11H2,1-2H3,(H,24,27). The molecule has 5 nitrogen and oxygen atoms in total. The normalized spacial score (nSPS) is 15.2. The van der Waals surface area contributed by atoms with Crippen molar-refractivity contribution < 1.29 is 18.3 Å². The van der Waals surface area contributed by atoms with Gasteiger partial charge in [0.25, 0.3) is 5.91 Å². The molecule has 0 radical (unpaired) electrons. The number of rotatable bonds is 4. The van der Waals surface area contributed by atoms with Crippen LogP contribution in [0.25, 0.3) is 11.1 Å². The zero-order valence-corrected chi connectivity index (χ0v) is 15.5. The lowest BCUT2D eigenvalue weighted by Crippen LogP contribution is -2.35. The van der Waals surface area contributed by atoms with Crippen LogP contribution in [0.1, 0.15) is 21.6 Å². The number of hydrogen-bond acceptors (Lipinski definition) is 3. The number of ether oxygens (including phenoxy) is 1. The smallest absolute Gasteiger partial charge is 0.269 e. The van der Waals surface area contributed by atoms with Gasteiger partial charge >= 0.3 is 0 Å². The number of benzene rings is 2. The lowest BCUT2D eigenvalue weighted by atomic mass is 9.99. The molecular formula is C21H19F2N3O2. The third kappa shape index (κ3) is 3.35. The van der Waals surface area contributed by atoms with Crippen molar-refractivity contribution >= 4 is 5.91 Å². The summed E-state index contributed by atoms with van der Waals surface area (Å²) in [6.45, 7) is 1.94. The molecule has 1 atom stereocenters. The molecule has 1 aromatic heterocycles. The van der Waals surface area contributed by atoms with Gasteiger partial charge in [0, 0.05) is 30.8 Å². The summed E-state index contributed by atoms with van der Waals surface area (Å²) in [5, 5.41) is 6.80. The van der Waals surface area contributed by atoms with E-state index >= 15 is 0 Å². The summed E-state index contributed by atoms with van der Waals surface area (Å²) in [5.41, 5.74) is 2.93. The van der Waals surface area contributed by atoms with Crippen molar-refractivity contribution in [3.05, 3.63) is 71.1 Å². The molecule has 0 aliphatic carbocycles. The largest absolute Gasteiger partial charge is 0.487 e. The topological polar surface area (TPSA) is 56.1 Å². The van der Waals surface area contributed by atoms with Crippen molar-refractivity contribution in [3.63, 3.8) is 0 Å². The van der Waals surface area contributed by atoms with E-state index in [-0.39, 0.29) is 30.2 Å². The number of hydrogen-bond donors (Lipinski definition) is 1. The van der Waals surface area contributed by atoms with Crippen molar-refractivity contribution in [2.24, 2.45) is 7.05 Å². The number of aryl methyl sites for hydroxylation is 2. The highest BCUT2D eigenvalue weighted by Crippen LogP contribution is 2.40. The molecule has 7 heteroatoms. The maximum Gasteiger partial charge on any atom is 0.269 e. The Bertz CT molecular complexity index is 1060. The van der Waals surface area contributed by atoms with Crippen LogP contribution >= 0.6 is 0 Å². The van der Waals surface area contributed by atoms with Gasteiger partial charge in [-0.1, -0.05) is 6.07 Å². The zero-order valence-electron chi connectivity index (χ0n) is 15.5. The number of carbonyl (C=O) groups excluding carboxylic acids is 1. The molecule has 0 saturated carbocycles. The second kappa shape index (κ2) is 7.07. The van der Waals surface area contributed by atoms with Gasteiger partial charge in [-0.25, -0.2) is 8.78 Å². The van der Waals surface area contributed by atoms with Gasteiger partial charge in [0.2, 0.25) is 0 Å². The molecular weight excluding hydrogens is 364 g/mol. The maximum absolute atomic E-state index is 14.2. The fraction of sp³-hybridized carbons (Fsp3) is 0.238. The Labute approximate surface area is 160 Å². The number of amides is 1. The van der Waals surface area contributed by atoms with Gasteiger partial charge in [-0.2, -0.15) is 5.10 Å². The number of fused-ring (bicyclic) bond motifs is 1. The molecule has 1 N–H and O–H groups in total. The second-order valence-corrected chi connectivity index (χ2v) is 6.90. The van der Waals surface area contributed by atoms with E-state index < -0.39 is 0 Å². The number of halogens is 2. The van der Waals surface area contributed by atoms with Gasteiger partial charge in [0.15, 0.2) is 0 Å². The van der Waals surface area contributed by atoms with Crippen LogP contribution in [0, 0.1) is 18.6 Å². The first-order chi connectivity index (χ1) is 13.4. The molecule has 1 unspecified atom stereocenters. The summed E-state index contributed by atoms with van der Waals surface area (Å²) in [4.78, 5) is 12.2. The van der Waals surface area contributed by atoms with E-state index in [1.165, 1.54) is 22.9 Å². The van der Waals surface area contributed by atoms with Crippen LogP contribution in [0.15, 0.2) is 42.6 Å². The molecule has 1 aliphatic heterocycles. The molecule has 2 aromatic carbocycles. The molecule has 0 fully saturated rings. The minimum Gasteiger partial charge on any atom is -0.487 e. The summed E-state index contributed by atoms with van der Waals surface area (Å²) >= 11 is 0. The molecule has 1 amide bonds. The van der Waals surface area contributed by atoms with Crippen LogP contribution in [-0.4, -0.2) is 28.3 Å². The second-order valence-electron chi connectivity index (χ2n) is 6.90. The Hall–Kier alpha value is -3.22. The number of aromatic nitrogens is 2. The van der Waals surface area contributed by atoms with Gasteiger partial charge in [0.05, 0.1) is 6.54 Å². The fourth-order valence-electron chi connectivity index (χ4n) is 3.43. The zero-order chi connectivity index (χ0) is 19.8. The predicted octanol–water partition coefficient (Wildman–Crippen LogP) is 3.41. The predicted molar refractivity (Wildman–Crippen MR) is 100 cm³/mol. The quantitative estimate of drug-likeness (QED) is 0.751. The Kier molecular flexibility index (Phi) is 4.58. The first-order valence-electron chi connectivity index (χ1n) is 8.94. The van der Waals surface area contributed by atoms with Crippen molar-refractivity contribution in [2.75, 3.05) is 6.54 Å². The number of nitrogens with one attached hydrogen (secondary N) is 1. The minimum atomic E-state index is -0.376. The van der Waals surface area contributed by atoms with Gasteiger partial charge in [-0.3, -0.25) is 9.48 Å². The van der Waals surface area contributed by atoms with Crippen molar-refractivity contribution in [1.29, 1.82) is 0 Å². The SMILES string of the molecule is Cc1cc(-c2cc(F)cc3c2OC(CNC(=O)c2ccnn2C)C3)ccc1F. The monoisotopic (exact) mass is 383 g/mol. The summed E-state index contributed by atoms with van der Waals surface area (Å²) in [7, 11) is 1.69. The molecule has 3 aromatic rings. The van der Waals surface area contributed by atoms with E-state index in [4.69, 9.17) is 4.74 Å². The van der Waals surface area contributed by atoms with Crippen LogP contribution in [0.4, 0.5) is 8.78 Å². The van der Waals surface area contributed by atoms with E-state index in [0.29, 0.717) is 34.6 Å². The van der Waals surface area contributed by atoms with E-state index in [1.54, 1.807) is 38.4 Å². The van der Waals surface area contributed by atoms with Crippen LogP contribution in [0.2, 0.25) is 0 Å². The van der Waals surface area contributed by atoms with Gasteiger partial charge in [0.1, 0.15) is 29.2 Å². The van der Waals surface area contributed by atoms with E-state index in [9.17, 15) is 13.6 Å². The van der Waals surface area contributed by atoms with Gasteiger partial charge in [-0.15, -0.1) is 0 Å². The highest BCUT2D eigenvalue weighted by Gasteiger charge is 2.27. The summed E-state index contributed by atoms with van der Waals surface area (Å²) < 4.78 is 35.3. The van der Waals surface area contributed by atoms with Crippen molar-refractivity contribution in [1.82, 2.24) is 15.1 Å². The third-order valence-electron chi connectivity index (χ3n) is 4.88. The van der Waals surface area contributed by atoms with Crippen molar-refractivity contribution in [3.8, 4) is 16.9 Å². The number of nitrogens with zero attached hydrogens (tertiary/aromatic N) is 2. The highest BCUT2D eigenvalue weighted by atomic mass is 19.1. The average Bonchev–Trinajstić information content (AvgIpc) is 3.27. The first-order valence-corrected chi connectivity index (χ1v) is 8.94. The Morgan fingerprint density at radius 3 is 2.82 bits per heavy atom. The Morgan fingerprint density at radius 2 is 2.11 bits per heavy atom. The van der Waals surface area contributed by atoms with E-state index in [2.05, 4.69) is 10.4 Å². The molecule has 28 heavy (non-hydrogen) atoms. The third-order valence-corrected chi connectivity index (χ3v) is 4.88. The van der Waals surface area contributed by atoms with Crippen LogP contribution < -0.4 is 10.1 Å². The van der Waals surface area contributed by atoms with Gasteiger partial charge < -0.3 is 10.1 Å². The van der Waals surface area contributed by atoms with E-state index in [0.717, 1.165) is 5.56 Å². The lowest BCUT2D eigenvalue weighted by Gasteiger charge is -2.14. The maximum atomic E-state index is 14.2. The fourth-order valence-corrected chi connectivity index (χ4v) is 3.43. The van der Waals surface area contributed by atoms with Crippen LogP contribution in [0.3, 0.4) is 0 Å². The van der Waals surface area contributed by atoms with Crippen LogP contribution in [0.5, 0.6) is 5.75 Å². The molecule has 0 saturated heterocycles. The molecule has 2 heterocycles. The summed E-state index contributed by atoms with van der Waals surface area (Å²) in [5.74, 6) is -0.361. The van der Waals surface area contributed by atoms with Crippen LogP contribution in [-0.2, 0) is 13.5 Å². The molecule has 4 rings (SSSR count). The molecule has 0 spiro atoms. The minimum absolute atomic E-state index is 0.250. The highest BCUT2D eigenvalue weighted by molar-refractivity contribution is 5.92.